The van der Waals surface area contributed by atoms with Gasteiger partial charge in [-0.15, -0.1) is 0 Å². The first-order chi connectivity index (χ1) is 16.4. The summed E-state index contributed by atoms with van der Waals surface area (Å²) in [6.07, 6.45) is 0. The lowest BCUT2D eigenvalue weighted by atomic mass is 10.1. The van der Waals surface area contributed by atoms with Crippen molar-refractivity contribution in [1.29, 1.82) is 0 Å². The number of hydrogen-bond donors (Lipinski definition) is 0. The van der Waals surface area contributed by atoms with Crippen molar-refractivity contribution in [3.63, 3.8) is 0 Å². The molecule has 4 aromatic rings. The molecule has 6 heteroatoms. The van der Waals surface area contributed by atoms with Gasteiger partial charge in [-0.05, 0) is 64.3 Å². The third-order valence-corrected chi connectivity index (χ3v) is 6.00. The molecule has 0 aliphatic carbocycles. The number of benzene rings is 3. The van der Waals surface area contributed by atoms with E-state index in [4.69, 9.17) is 4.98 Å². The fourth-order valence-electron chi connectivity index (χ4n) is 4.04. The zero-order valence-corrected chi connectivity index (χ0v) is 20.1. The van der Waals surface area contributed by atoms with Gasteiger partial charge in [0.2, 0.25) is 0 Å². The first-order valence-corrected chi connectivity index (χ1v) is 11.5. The molecule has 0 saturated heterocycles. The van der Waals surface area contributed by atoms with Crippen molar-refractivity contribution < 1.29 is 4.79 Å². The normalized spacial score (nSPS) is 12.1. The Balaban J connectivity index is 1.89. The standard InChI is InChI=1S/C28H30N4O2/c1-20-14-16-23(17-15-20)32-26(29-25-13-9-8-12-24(25)28(32)34)21(2)31(19-18-30(3)4)27(33)22-10-6-5-7-11-22/h5-17,21H,18-19H2,1-4H3. The molecule has 6 nitrogen and oxygen atoms in total. The minimum atomic E-state index is -0.439. The summed E-state index contributed by atoms with van der Waals surface area (Å²) in [5.74, 6) is 0.448. The number of fused-ring (bicyclic) bond motifs is 1. The maximum absolute atomic E-state index is 13.7. The topological polar surface area (TPSA) is 58.4 Å². The molecule has 1 heterocycles. The molecule has 0 N–H and O–H groups in total. The second-order valence-electron chi connectivity index (χ2n) is 8.81. The van der Waals surface area contributed by atoms with Gasteiger partial charge in [0.05, 0.1) is 22.6 Å². The molecular formula is C28H30N4O2. The van der Waals surface area contributed by atoms with Crippen LogP contribution in [0.2, 0.25) is 0 Å². The molecule has 1 atom stereocenters. The average molecular weight is 455 g/mol. The van der Waals surface area contributed by atoms with E-state index < -0.39 is 6.04 Å². The lowest BCUT2D eigenvalue weighted by molar-refractivity contribution is 0.0667. The number of carbonyl (C=O) groups is 1. The van der Waals surface area contributed by atoms with Crippen LogP contribution in [0.1, 0.15) is 34.7 Å². The quantitative estimate of drug-likeness (QED) is 0.414. The van der Waals surface area contributed by atoms with E-state index >= 15 is 0 Å². The summed E-state index contributed by atoms with van der Waals surface area (Å²) in [4.78, 5) is 36.0. The molecule has 0 spiro atoms. The number of para-hydroxylation sites is 1. The minimum absolute atomic E-state index is 0.0900. The third kappa shape index (κ3) is 4.77. The number of hydrogen-bond acceptors (Lipinski definition) is 4. The molecule has 3 aromatic carbocycles. The number of aromatic nitrogens is 2. The second kappa shape index (κ2) is 10.0. The van der Waals surface area contributed by atoms with Crippen LogP contribution in [0, 0.1) is 6.92 Å². The molecule has 0 radical (unpaired) electrons. The maximum atomic E-state index is 13.7. The Morgan fingerprint density at radius 3 is 2.24 bits per heavy atom. The van der Waals surface area contributed by atoms with Crippen LogP contribution in [0.5, 0.6) is 0 Å². The summed E-state index contributed by atoms with van der Waals surface area (Å²) < 4.78 is 1.65. The zero-order chi connectivity index (χ0) is 24.2. The Morgan fingerprint density at radius 2 is 1.56 bits per heavy atom. The van der Waals surface area contributed by atoms with Crippen LogP contribution in [0.25, 0.3) is 16.6 Å². The lowest BCUT2D eigenvalue weighted by Gasteiger charge is -2.31. The smallest absolute Gasteiger partial charge is 0.266 e. The van der Waals surface area contributed by atoms with Crippen LogP contribution in [0.3, 0.4) is 0 Å². The molecule has 0 aliphatic rings. The summed E-state index contributed by atoms with van der Waals surface area (Å²) in [6.45, 7) is 5.14. The summed E-state index contributed by atoms with van der Waals surface area (Å²) in [7, 11) is 3.96. The van der Waals surface area contributed by atoms with Crippen LogP contribution in [0.4, 0.5) is 0 Å². The predicted octanol–water partition coefficient (Wildman–Crippen LogP) is 4.46. The second-order valence-corrected chi connectivity index (χ2v) is 8.81. The number of carbonyl (C=O) groups excluding carboxylic acids is 1. The van der Waals surface area contributed by atoms with Crippen LogP contribution in [0.15, 0.2) is 83.7 Å². The van der Waals surface area contributed by atoms with Crippen molar-refractivity contribution in [3.05, 3.63) is 106 Å². The van der Waals surface area contributed by atoms with Crippen LogP contribution < -0.4 is 5.56 Å². The van der Waals surface area contributed by atoms with Gasteiger partial charge < -0.3 is 9.80 Å². The van der Waals surface area contributed by atoms with E-state index in [0.717, 1.165) is 11.3 Å². The van der Waals surface area contributed by atoms with Crippen LogP contribution in [-0.4, -0.2) is 52.4 Å². The van der Waals surface area contributed by atoms with Crippen molar-refractivity contribution in [2.75, 3.05) is 27.2 Å². The summed E-state index contributed by atoms with van der Waals surface area (Å²) >= 11 is 0. The molecule has 1 unspecified atom stereocenters. The van der Waals surface area contributed by atoms with Crippen molar-refractivity contribution >= 4 is 16.8 Å². The van der Waals surface area contributed by atoms with Gasteiger partial charge in [-0.1, -0.05) is 48.0 Å². The Labute approximate surface area is 200 Å². The van der Waals surface area contributed by atoms with E-state index in [1.165, 1.54) is 0 Å². The number of aryl methyl sites for hydroxylation is 1. The largest absolute Gasteiger partial charge is 0.327 e. The molecule has 0 aliphatic heterocycles. The van der Waals surface area contributed by atoms with Gasteiger partial charge in [0.25, 0.3) is 11.5 Å². The number of rotatable bonds is 7. The number of likely N-dealkylation sites (N-methyl/N-ethyl adjacent to an activating group) is 1. The Kier molecular flexibility index (Phi) is 6.89. The predicted molar refractivity (Wildman–Crippen MR) is 137 cm³/mol. The van der Waals surface area contributed by atoms with Crippen molar-refractivity contribution in [2.45, 2.75) is 19.9 Å². The highest BCUT2D eigenvalue weighted by molar-refractivity contribution is 5.94. The van der Waals surface area contributed by atoms with Gasteiger partial charge in [0, 0.05) is 18.7 Å². The molecule has 0 fully saturated rings. The van der Waals surface area contributed by atoms with Gasteiger partial charge in [-0.25, -0.2) is 4.98 Å². The van der Waals surface area contributed by atoms with E-state index in [9.17, 15) is 9.59 Å². The molecule has 34 heavy (non-hydrogen) atoms. The molecule has 4 rings (SSSR count). The molecular weight excluding hydrogens is 424 g/mol. The van der Waals surface area contributed by atoms with Gasteiger partial charge >= 0.3 is 0 Å². The Hall–Kier alpha value is -3.77. The third-order valence-electron chi connectivity index (χ3n) is 6.00. The van der Waals surface area contributed by atoms with E-state index in [0.29, 0.717) is 35.4 Å². The van der Waals surface area contributed by atoms with Crippen LogP contribution in [-0.2, 0) is 0 Å². The number of amides is 1. The zero-order valence-electron chi connectivity index (χ0n) is 20.1. The summed E-state index contributed by atoms with van der Waals surface area (Å²) in [5.41, 5.74) is 2.93. The highest BCUT2D eigenvalue weighted by Crippen LogP contribution is 2.24. The van der Waals surface area contributed by atoms with E-state index in [1.54, 1.807) is 15.5 Å². The molecule has 174 valence electrons. The van der Waals surface area contributed by atoms with E-state index in [1.807, 2.05) is 106 Å². The van der Waals surface area contributed by atoms with Crippen LogP contribution >= 0.6 is 0 Å². The maximum Gasteiger partial charge on any atom is 0.266 e. The van der Waals surface area contributed by atoms with Gasteiger partial charge in [-0.2, -0.15) is 0 Å². The highest BCUT2D eigenvalue weighted by Gasteiger charge is 2.27. The minimum Gasteiger partial charge on any atom is -0.327 e. The van der Waals surface area contributed by atoms with Gasteiger partial charge in [-0.3, -0.25) is 14.2 Å². The van der Waals surface area contributed by atoms with E-state index in [-0.39, 0.29) is 11.5 Å². The number of nitrogens with zero attached hydrogens (tertiary/aromatic N) is 4. The average Bonchev–Trinajstić information content (AvgIpc) is 2.85. The fourth-order valence-corrected chi connectivity index (χ4v) is 4.04. The molecule has 0 saturated carbocycles. The monoisotopic (exact) mass is 454 g/mol. The first-order valence-electron chi connectivity index (χ1n) is 11.5. The van der Waals surface area contributed by atoms with Gasteiger partial charge in [0.1, 0.15) is 5.82 Å². The summed E-state index contributed by atoms with van der Waals surface area (Å²) in [6, 6.07) is 24.0. The van der Waals surface area contributed by atoms with Crippen molar-refractivity contribution in [3.8, 4) is 5.69 Å². The fraction of sp³-hybridized carbons (Fsp3) is 0.250. The van der Waals surface area contributed by atoms with E-state index in [2.05, 4.69) is 0 Å². The molecule has 1 amide bonds. The SMILES string of the molecule is Cc1ccc(-n2c(C(C)N(CCN(C)C)C(=O)c3ccccc3)nc3ccccc3c2=O)cc1. The molecule has 0 bridgehead atoms. The van der Waals surface area contributed by atoms with Gasteiger partial charge in [0.15, 0.2) is 0 Å². The van der Waals surface area contributed by atoms with Crippen molar-refractivity contribution in [2.24, 2.45) is 0 Å². The Bertz CT molecular complexity index is 1340. The summed E-state index contributed by atoms with van der Waals surface area (Å²) in [5, 5.41) is 0.549. The lowest BCUT2D eigenvalue weighted by Crippen LogP contribution is -2.41. The van der Waals surface area contributed by atoms with Crippen molar-refractivity contribution in [1.82, 2.24) is 19.4 Å². The molecule has 1 aromatic heterocycles. The first kappa shape index (κ1) is 23.4. The Morgan fingerprint density at radius 1 is 0.912 bits per heavy atom. The highest BCUT2D eigenvalue weighted by atomic mass is 16.2.